The van der Waals surface area contributed by atoms with E-state index in [1.807, 2.05) is 0 Å². The molecule has 1 saturated heterocycles. The van der Waals surface area contributed by atoms with Crippen LogP contribution in [-0.4, -0.2) is 24.3 Å². The van der Waals surface area contributed by atoms with Gasteiger partial charge in [0.25, 0.3) is 0 Å². The van der Waals surface area contributed by atoms with Crippen LogP contribution < -0.4 is 0 Å². The van der Waals surface area contributed by atoms with Gasteiger partial charge in [0, 0.05) is 10.7 Å². The van der Waals surface area contributed by atoms with Crippen molar-refractivity contribution in [1.29, 1.82) is 0 Å². The molecule has 0 saturated carbocycles. The molecule has 3 heteroatoms. The number of hydrogen-bond donors (Lipinski definition) is 0. The van der Waals surface area contributed by atoms with E-state index in [1.54, 1.807) is 0 Å². The maximum absolute atomic E-state index is 5.99. The second-order valence-electron chi connectivity index (χ2n) is 6.02. The number of halogens is 1. The van der Waals surface area contributed by atoms with Gasteiger partial charge >= 0.3 is 0 Å². The van der Waals surface area contributed by atoms with Gasteiger partial charge in [-0.2, -0.15) is 0 Å². The fourth-order valence-corrected chi connectivity index (χ4v) is 2.73. The van der Waals surface area contributed by atoms with Crippen molar-refractivity contribution in [3.8, 4) is 0 Å². The van der Waals surface area contributed by atoms with E-state index < -0.39 is 5.79 Å². The molecular formula is C13H25BrO2. The second kappa shape index (κ2) is 4.95. The van der Waals surface area contributed by atoms with Gasteiger partial charge in [-0.3, -0.25) is 0 Å². The van der Waals surface area contributed by atoms with Gasteiger partial charge in [-0.25, -0.2) is 0 Å². The van der Waals surface area contributed by atoms with Crippen LogP contribution in [0.2, 0.25) is 0 Å². The number of alkyl halides is 1. The van der Waals surface area contributed by atoms with Gasteiger partial charge in [-0.15, -0.1) is 0 Å². The fraction of sp³-hybridized carbons (Fsp3) is 1.00. The van der Waals surface area contributed by atoms with Crippen LogP contribution >= 0.6 is 15.9 Å². The first-order valence-electron chi connectivity index (χ1n) is 6.11. The van der Waals surface area contributed by atoms with E-state index in [4.69, 9.17) is 9.47 Å². The van der Waals surface area contributed by atoms with E-state index in [0.717, 1.165) is 24.8 Å². The molecule has 0 spiro atoms. The quantitative estimate of drug-likeness (QED) is 0.733. The Morgan fingerprint density at radius 2 is 1.94 bits per heavy atom. The lowest BCUT2D eigenvalue weighted by molar-refractivity contribution is -0.326. The third kappa shape index (κ3) is 2.46. The predicted molar refractivity (Wildman–Crippen MR) is 70.9 cm³/mol. The highest BCUT2D eigenvalue weighted by Gasteiger charge is 2.55. The molecule has 0 bridgehead atoms. The molecule has 2 nitrogen and oxygen atoms in total. The normalized spacial score (nSPS) is 36.4. The number of hydrogen-bond acceptors (Lipinski definition) is 2. The van der Waals surface area contributed by atoms with Crippen molar-refractivity contribution in [2.24, 2.45) is 10.8 Å². The summed E-state index contributed by atoms with van der Waals surface area (Å²) in [4.78, 5) is 0. The van der Waals surface area contributed by atoms with Crippen LogP contribution in [0.15, 0.2) is 0 Å². The van der Waals surface area contributed by atoms with Crippen LogP contribution in [0.5, 0.6) is 0 Å². The summed E-state index contributed by atoms with van der Waals surface area (Å²) in [6, 6.07) is 0. The van der Waals surface area contributed by atoms with Crippen LogP contribution in [0.3, 0.4) is 0 Å². The molecule has 0 aromatic carbocycles. The summed E-state index contributed by atoms with van der Waals surface area (Å²) < 4.78 is 12.0. The van der Waals surface area contributed by atoms with Crippen molar-refractivity contribution in [1.82, 2.24) is 0 Å². The largest absolute Gasteiger partial charge is 0.350 e. The minimum absolute atomic E-state index is 0.0560. The van der Waals surface area contributed by atoms with Crippen LogP contribution in [0.4, 0.5) is 0 Å². The molecule has 96 valence electrons. The summed E-state index contributed by atoms with van der Waals surface area (Å²) in [5.74, 6) is -0.461. The third-order valence-electron chi connectivity index (χ3n) is 4.31. The maximum atomic E-state index is 5.99. The highest BCUT2D eigenvalue weighted by molar-refractivity contribution is 9.09. The zero-order chi connectivity index (χ0) is 12.4. The van der Waals surface area contributed by atoms with Crippen molar-refractivity contribution in [3.05, 3.63) is 0 Å². The van der Waals surface area contributed by atoms with Crippen LogP contribution in [0, 0.1) is 10.8 Å². The highest BCUT2D eigenvalue weighted by atomic mass is 79.9. The molecule has 0 amide bonds. The molecule has 0 aliphatic carbocycles. The first kappa shape index (κ1) is 14.5. The lowest BCUT2D eigenvalue weighted by Gasteiger charge is -2.55. The van der Waals surface area contributed by atoms with Crippen molar-refractivity contribution in [3.63, 3.8) is 0 Å². The number of ether oxygens (including phenoxy) is 2. The van der Waals surface area contributed by atoms with Crippen molar-refractivity contribution in [2.45, 2.75) is 53.2 Å². The van der Waals surface area contributed by atoms with Gasteiger partial charge in [0.2, 0.25) is 0 Å². The summed E-state index contributed by atoms with van der Waals surface area (Å²) in [5.41, 5.74) is 0.231. The molecule has 1 aliphatic rings. The van der Waals surface area contributed by atoms with E-state index in [1.165, 1.54) is 0 Å². The average molecular weight is 293 g/mol. The third-order valence-corrected chi connectivity index (χ3v) is 4.63. The maximum Gasteiger partial charge on any atom is 0.171 e. The average Bonchev–Trinajstić information content (AvgIpc) is 2.18. The topological polar surface area (TPSA) is 18.5 Å². The fourth-order valence-electron chi connectivity index (χ4n) is 2.57. The summed E-state index contributed by atoms with van der Waals surface area (Å²) in [6.07, 6.45) is 2.29. The molecule has 1 fully saturated rings. The lowest BCUT2D eigenvalue weighted by Crippen LogP contribution is -2.57. The van der Waals surface area contributed by atoms with Gasteiger partial charge in [0.05, 0.1) is 13.2 Å². The Balaban J connectivity index is 2.93. The summed E-state index contributed by atoms with van der Waals surface area (Å²) in [6.45, 7) is 12.7. The molecular weight excluding hydrogens is 268 g/mol. The monoisotopic (exact) mass is 292 g/mol. The Bertz CT molecular complexity index is 237. The molecule has 0 N–H and O–H groups in total. The summed E-state index contributed by atoms with van der Waals surface area (Å²) >= 11 is 3.41. The molecule has 2 unspecified atom stereocenters. The molecule has 1 aliphatic heterocycles. The molecule has 1 heterocycles. The lowest BCUT2D eigenvalue weighted by atomic mass is 9.60. The Labute approximate surface area is 108 Å². The first-order valence-corrected chi connectivity index (χ1v) is 7.23. The number of rotatable bonds is 3. The Morgan fingerprint density at radius 3 is 2.44 bits per heavy atom. The van der Waals surface area contributed by atoms with Crippen LogP contribution in [-0.2, 0) is 9.47 Å². The van der Waals surface area contributed by atoms with E-state index in [-0.39, 0.29) is 10.8 Å². The van der Waals surface area contributed by atoms with Crippen molar-refractivity contribution in [2.75, 3.05) is 18.5 Å². The highest BCUT2D eigenvalue weighted by Crippen LogP contribution is 2.54. The smallest absolute Gasteiger partial charge is 0.171 e. The van der Waals surface area contributed by atoms with Gasteiger partial charge in [0.1, 0.15) is 0 Å². The molecule has 1 rings (SSSR count). The Hall–Kier alpha value is 0.400. The van der Waals surface area contributed by atoms with E-state index in [9.17, 15) is 0 Å². The first-order chi connectivity index (χ1) is 7.27. The van der Waals surface area contributed by atoms with Crippen LogP contribution in [0.1, 0.15) is 47.5 Å². The van der Waals surface area contributed by atoms with Gasteiger partial charge in [0.15, 0.2) is 5.79 Å². The van der Waals surface area contributed by atoms with Gasteiger partial charge < -0.3 is 9.47 Å². The van der Waals surface area contributed by atoms with E-state index >= 15 is 0 Å². The molecule has 0 radical (unpaired) electrons. The predicted octanol–water partition coefficient (Wildman–Crippen LogP) is 3.98. The second-order valence-corrected chi connectivity index (χ2v) is 6.81. The zero-order valence-electron chi connectivity index (χ0n) is 11.2. The van der Waals surface area contributed by atoms with Crippen molar-refractivity contribution >= 4 is 15.9 Å². The van der Waals surface area contributed by atoms with Crippen LogP contribution in [0.25, 0.3) is 0 Å². The standard InChI is InChI=1S/C13H25BrO2/c1-11(2,3)12(4)7-6-9-15-13(12,5)16-10-8-14/h6-10H2,1-5H3. The molecule has 0 aromatic rings. The van der Waals surface area contributed by atoms with Gasteiger partial charge in [-0.1, -0.05) is 43.6 Å². The van der Waals surface area contributed by atoms with Crippen molar-refractivity contribution < 1.29 is 9.47 Å². The summed E-state index contributed by atoms with van der Waals surface area (Å²) in [5, 5.41) is 0.853. The molecule has 2 atom stereocenters. The summed E-state index contributed by atoms with van der Waals surface area (Å²) in [7, 11) is 0. The Kier molecular flexibility index (Phi) is 4.47. The minimum Gasteiger partial charge on any atom is -0.350 e. The Morgan fingerprint density at radius 1 is 1.31 bits per heavy atom. The molecule has 0 aromatic heterocycles. The van der Waals surface area contributed by atoms with E-state index in [2.05, 4.69) is 50.5 Å². The van der Waals surface area contributed by atoms with E-state index in [0.29, 0.717) is 6.61 Å². The zero-order valence-corrected chi connectivity index (χ0v) is 12.8. The van der Waals surface area contributed by atoms with Gasteiger partial charge in [-0.05, 0) is 25.2 Å². The SMILES string of the molecule is CC(C)(C)C1(C)CCCOC1(C)OCCBr. The minimum atomic E-state index is -0.461. The molecule has 16 heavy (non-hydrogen) atoms.